The van der Waals surface area contributed by atoms with Gasteiger partial charge in [0.2, 0.25) is 0 Å². The van der Waals surface area contributed by atoms with Gasteiger partial charge in [0.15, 0.2) is 5.78 Å². The van der Waals surface area contributed by atoms with Crippen LogP contribution in [-0.4, -0.2) is 18.9 Å². The number of ketones is 1. The summed E-state index contributed by atoms with van der Waals surface area (Å²) in [6.07, 6.45) is 5.46. The van der Waals surface area contributed by atoms with Crippen molar-refractivity contribution in [1.82, 2.24) is 0 Å². The van der Waals surface area contributed by atoms with Crippen LogP contribution in [0.1, 0.15) is 40.7 Å². The molecule has 0 spiro atoms. The molecule has 1 aliphatic carbocycles. The number of ether oxygens (including phenoxy) is 1. The van der Waals surface area contributed by atoms with E-state index in [0.717, 1.165) is 24.8 Å². The molecule has 4 heteroatoms. The van der Waals surface area contributed by atoms with E-state index in [1.807, 2.05) is 6.07 Å². The first-order valence-corrected chi connectivity index (χ1v) is 7.32. The first-order chi connectivity index (χ1) is 9.10. The number of hydrogen-bond donors (Lipinski definition) is 0. The number of carbonyl (C=O) groups excluding carboxylic acids is 2. The largest absolute Gasteiger partial charge is 0.465 e. The summed E-state index contributed by atoms with van der Waals surface area (Å²) in [4.78, 5) is 24.8. The number of Topliss-reactive ketones (excluding diaryl/α,β-unsaturated/α-hetero) is 1. The molecular formula is C15H18O3S. The van der Waals surface area contributed by atoms with Crippen LogP contribution >= 0.6 is 11.3 Å². The smallest absolute Gasteiger partial charge is 0.348 e. The maximum atomic E-state index is 11.6. The van der Waals surface area contributed by atoms with Gasteiger partial charge >= 0.3 is 5.97 Å². The van der Waals surface area contributed by atoms with Crippen LogP contribution < -0.4 is 0 Å². The van der Waals surface area contributed by atoms with Crippen molar-refractivity contribution in [2.75, 3.05) is 7.11 Å². The summed E-state index contributed by atoms with van der Waals surface area (Å²) >= 11 is 1.47. The Kier molecular flexibility index (Phi) is 4.53. The van der Waals surface area contributed by atoms with Crippen molar-refractivity contribution in [3.05, 3.63) is 33.5 Å². The molecule has 2 rings (SSSR count). The molecule has 0 aliphatic heterocycles. The number of allylic oxidation sites excluding steroid dienone is 2. The fourth-order valence-electron chi connectivity index (χ4n) is 2.32. The summed E-state index contributed by atoms with van der Waals surface area (Å²) in [5.41, 5.74) is 0.984. The lowest BCUT2D eigenvalue weighted by molar-refractivity contribution is -0.115. The summed E-state index contributed by atoms with van der Waals surface area (Å²) in [5.74, 6) is 0.419. The minimum Gasteiger partial charge on any atom is -0.465 e. The molecule has 0 N–H and O–H groups in total. The normalized spacial score (nSPS) is 18.5. The molecule has 0 saturated carbocycles. The Morgan fingerprint density at radius 2 is 2.21 bits per heavy atom. The number of aryl methyl sites for hydroxylation is 1. The molecule has 1 atom stereocenters. The topological polar surface area (TPSA) is 43.4 Å². The average Bonchev–Trinajstić information content (AvgIpc) is 2.96. The Morgan fingerprint density at radius 1 is 1.42 bits per heavy atom. The first kappa shape index (κ1) is 14.0. The van der Waals surface area contributed by atoms with Crippen molar-refractivity contribution in [2.24, 2.45) is 5.92 Å². The second-order valence-electron chi connectivity index (χ2n) is 4.91. The van der Waals surface area contributed by atoms with Gasteiger partial charge < -0.3 is 4.74 Å². The lowest BCUT2D eigenvalue weighted by Crippen LogP contribution is -1.97. The van der Waals surface area contributed by atoms with Gasteiger partial charge in [-0.15, -0.1) is 11.3 Å². The average molecular weight is 278 g/mol. The van der Waals surface area contributed by atoms with Crippen molar-refractivity contribution in [3.63, 3.8) is 0 Å². The second-order valence-corrected chi connectivity index (χ2v) is 6.08. The highest BCUT2D eigenvalue weighted by atomic mass is 32.1. The lowest BCUT2D eigenvalue weighted by Gasteiger charge is -1.99. The molecule has 0 bridgehead atoms. The third kappa shape index (κ3) is 3.53. The molecule has 1 aromatic heterocycles. The van der Waals surface area contributed by atoms with Gasteiger partial charge in [0.25, 0.3) is 0 Å². The number of methoxy groups -OCH3 is 1. The van der Waals surface area contributed by atoms with E-state index in [2.05, 4.69) is 17.7 Å². The molecule has 102 valence electrons. The first-order valence-electron chi connectivity index (χ1n) is 6.51. The molecule has 1 aromatic rings. The van der Waals surface area contributed by atoms with Crippen molar-refractivity contribution in [1.29, 1.82) is 0 Å². The molecule has 0 aromatic carbocycles. The van der Waals surface area contributed by atoms with Crippen LogP contribution in [0.5, 0.6) is 0 Å². The molecule has 0 radical (unpaired) electrons. The van der Waals surface area contributed by atoms with Crippen molar-refractivity contribution < 1.29 is 14.3 Å². The van der Waals surface area contributed by atoms with Crippen molar-refractivity contribution >= 4 is 23.1 Å². The van der Waals surface area contributed by atoms with Gasteiger partial charge in [0, 0.05) is 11.3 Å². The molecule has 19 heavy (non-hydrogen) atoms. The molecule has 0 saturated heterocycles. The zero-order valence-corrected chi connectivity index (χ0v) is 12.1. The summed E-state index contributed by atoms with van der Waals surface area (Å²) < 4.78 is 4.68. The summed E-state index contributed by atoms with van der Waals surface area (Å²) in [5, 5.41) is 0. The highest BCUT2D eigenvalue weighted by Gasteiger charge is 2.20. The van der Waals surface area contributed by atoms with Gasteiger partial charge in [0.1, 0.15) is 4.88 Å². The summed E-state index contributed by atoms with van der Waals surface area (Å²) in [6, 6.07) is 3.76. The van der Waals surface area contributed by atoms with E-state index in [9.17, 15) is 9.59 Å². The number of esters is 1. The fourth-order valence-corrected chi connectivity index (χ4v) is 3.28. The van der Waals surface area contributed by atoms with E-state index < -0.39 is 0 Å². The Morgan fingerprint density at radius 3 is 2.84 bits per heavy atom. The molecule has 0 amide bonds. The quantitative estimate of drug-likeness (QED) is 0.775. The van der Waals surface area contributed by atoms with E-state index in [1.165, 1.54) is 23.3 Å². The Hall–Kier alpha value is -1.42. The van der Waals surface area contributed by atoms with E-state index in [-0.39, 0.29) is 5.97 Å². The molecule has 0 fully saturated rings. The van der Waals surface area contributed by atoms with Crippen LogP contribution in [0.15, 0.2) is 23.8 Å². The summed E-state index contributed by atoms with van der Waals surface area (Å²) in [6.45, 7) is 2.08. The van der Waals surface area contributed by atoms with Crippen LogP contribution in [0.25, 0.3) is 0 Å². The monoisotopic (exact) mass is 278 g/mol. The van der Waals surface area contributed by atoms with Crippen LogP contribution in [0.2, 0.25) is 0 Å². The van der Waals surface area contributed by atoms with Crippen LogP contribution in [0, 0.1) is 5.92 Å². The zero-order valence-electron chi connectivity index (χ0n) is 11.3. The van der Waals surface area contributed by atoms with Gasteiger partial charge in [-0.2, -0.15) is 0 Å². The number of thiophene rings is 1. The molecule has 1 aliphatic rings. The number of rotatable bonds is 5. The minimum absolute atomic E-state index is 0.279. The van der Waals surface area contributed by atoms with Gasteiger partial charge in [-0.05, 0) is 42.9 Å². The molecule has 1 heterocycles. The maximum absolute atomic E-state index is 11.6. The van der Waals surface area contributed by atoms with Crippen molar-refractivity contribution in [3.8, 4) is 0 Å². The second kappa shape index (κ2) is 6.15. The van der Waals surface area contributed by atoms with Crippen LogP contribution in [0.3, 0.4) is 0 Å². The minimum atomic E-state index is -0.279. The van der Waals surface area contributed by atoms with Gasteiger partial charge in [-0.3, -0.25) is 4.79 Å². The Balaban J connectivity index is 1.83. The highest BCUT2D eigenvalue weighted by Crippen LogP contribution is 2.25. The predicted octanol–water partition coefficient (Wildman–Crippen LogP) is 3.39. The number of hydrogen-bond acceptors (Lipinski definition) is 4. The predicted molar refractivity (Wildman–Crippen MR) is 75.5 cm³/mol. The molecular weight excluding hydrogens is 260 g/mol. The Bertz CT molecular complexity index is 513. The van der Waals surface area contributed by atoms with Crippen LogP contribution in [-0.2, 0) is 16.0 Å². The third-order valence-corrected chi connectivity index (χ3v) is 4.39. The fraction of sp³-hybridized carbons (Fsp3) is 0.467. The lowest BCUT2D eigenvalue weighted by atomic mass is 10.1. The molecule has 3 nitrogen and oxygen atoms in total. The van der Waals surface area contributed by atoms with Gasteiger partial charge in [-0.25, -0.2) is 4.79 Å². The standard InChI is InChI=1S/C15H18O3S/c1-10-8-11(13(16)9-10)4-3-5-12-6-7-14(19-12)15(17)18-2/h6-8,10H,3-5,9H2,1-2H3. The van der Waals surface area contributed by atoms with Gasteiger partial charge in [0.05, 0.1) is 7.11 Å². The highest BCUT2D eigenvalue weighted by molar-refractivity contribution is 7.13. The SMILES string of the molecule is COC(=O)c1ccc(CCCC2=CC(C)CC2=O)s1. The van der Waals surface area contributed by atoms with Crippen LogP contribution in [0.4, 0.5) is 0 Å². The van der Waals surface area contributed by atoms with E-state index in [4.69, 9.17) is 0 Å². The summed E-state index contributed by atoms with van der Waals surface area (Å²) in [7, 11) is 1.39. The molecule has 1 unspecified atom stereocenters. The van der Waals surface area contributed by atoms with Gasteiger partial charge in [-0.1, -0.05) is 13.0 Å². The third-order valence-electron chi connectivity index (χ3n) is 3.27. The van der Waals surface area contributed by atoms with E-state index in [1.54, 1.807) is 6.07 Å². The zero-order chi connectivity index (χ0) is 13.8. The number of carbonyl (C=O) groups is 2. The Labute approximate surface area is 117 Å². The van der Waals surface area contributed by atoms with E-state index >= 15 is 0 Å². The van der Waals surface area contributed by atoms with E-state index in [0.29, 0.717) is 23.0 Å². The maximum Gasteiger partial charge on any atom is 0.348 e. The van der Waals surface area contributed by atoms with Crippen molar-refractivity contribution in [2.45, 2.75) is 32.6 Å².